The molecule has 1 saturated carbocycles. The summed E-state index contributed by atoms with van der Waals surface area (Å²) in [6.45, 7) is 4.55. The molecule has 3 unspecified atom stereocenters. The van der Waals surface area contributed by atoms with E-state index in [-0.39, 0.29) is 0 Å². The smallest absolute Gasteiger partial charge is 0.00672 e. The fourth-order valence-electron chi connectivity index (χ4n) is 2.14. The van der Waals surface area contributed by atoms with Crippen LogP contribution in [0.4, 0.5) is 0 Å². The van der Waals surface area contributed by atoms with Crippen LogP contribution >= 0.6 is 0 Å². The molecular formula is C10H21N. The zero-order valence-electron chi connectivity index (χ0n) is 7.84. The topological polar surface area (TPSA) is 26.0 Å². The number of nitrogens with two attached hydrogens (primary N) is 1. The largest absolute Gasteiger partial charge is 0.327 e. The van der Waals surface area contributed by atoms with Gasteiger partial charge >= 0.3 is 0 Å². The third-order valence-corrected chi connectivity index (χ3v) is 3.01. The predicted octanol–water partition coefficient (Wildman–Crippen LogP) is 2.55. The lowest BCUT2D eigenvalue weighted by molar-refractivity contribution is 0.461. The number of unbranched alkanes of at least 4 members (excludes halogenated alkanes) is 1. The van der Waals surface area contributed by atoms with Crippen molar-refractivity contribution in [3.05, 3.63) is 0 Å². The van der Waals surface area contributed by atoms with Gasteiger partial charge in [-0.25, -0.2) is 0 Å². The molecule has 0 radical (unpaired) electrons. The molecule has 3 atom stereocenters. The highest BCUT2D eigenvalue weighted by atomic mass is 14.7. The van der Waals surface area contributed by atoms with Crippen molar-refractivity contribution in [2.75, 3.05) is 0 Å². The summed E-state index contributed by atoms with van der Waals surface area (Å²) in [5.41, 5.74) is 5.94. The number of rotatable bonds is 3. The average Bonchev–Trinajstić information content (AvgIpc) is 2.28. The second-order valence-electron chi connectivity index (χ2n) is 4.12. The molecule has 0 aliphatic heterocycles. The molecule has 1 fully saturated rings. The standard InChI is InChI=1S/C10H21N/c1-3-4-5-9-6-8(2)10(11)7-9/h8-10H,3-7,11H2,1-2H3. The molecule has 1 nitrogen and oxygen atoms in total. The van der Waals surface area contributed by atoms with Gasteiger partial charge in [0.2, 0.25) is 0 Å². The highest BCUT2D eigenvalue weighted by Crippen LogP contribution is 2.32. The minimum absolute atomic E-state index is 0.497. The van der Waals surface area contributed by atoms with Gasteiger partial charge in [0.05, 0.1) is 0 Å². The maximum atomic E-state index is 5.94. The van der Waals surface area contributed by atoms with E-state index in [1.165, 1.54) is 32.1 Å². The van der Waals surface area contributed by atoms with E-state index in [4.69, 9.17) is 5.73 Å². The highest BCUT2D eigenvalue weighted by molar-refractivity contribution is 4.83. The van der Waals surface area contributed by atoms with Gasteiger partial charge in [0, 0.05) is 6.04 Å². The molecule has 0 heterocycles. The van der Waals surface area contributed by atoms with Crippen LogP contribution in [-0.2, 0) is 0 Å². The van der Waals surface area contributed by atoms with Crippen molar-refractivity contribution >= 4 is 0 Å². The van der Waals surface area contributed by atoms with E-state index < -0.39 is 0 Å². The normalized spacial score (nSPS) is 37.9. The van der Waals surface area contributed by atoms with Crippen molar-refractivity contribution in [2.45, 2.75) is 52.0 Å². The van der Waals surface area contributed by atoms with Gasteiger partial charge in [-0.05, 0) is 24.7 Å². The van der Waals surface area contributed by atoms with Crippen molar-refractivity contribution in [1.29, 1.82) is 0 Å². The summed E-state index contributed by atoms with van der Waals surface area (Å²) in [5.74, 6) is 1.72. The highest BCUT2D eigenvalue weighted by Gasteiger charge is 2.27. The number of hydrogen-bond acceptors (Lipinski definition) is 1. The fraction of sp³-hybridized carbons (Fsp3) is 1.00. The minimum Gasteiger partial charge on any atom is -0.327 e. The summed E-state index contributed by atoms with van der Waals surface area (Å²) in [6, 6.07) is 0.497. The second-order valence-corrected chi connectivity index (χ2v) is 4.12. The molecule has 0 spiro atoms. The molecule has 2 N–H and O–H groups in total. The van der Waals surface area contributed by atoms with Gasteiger partial charge in [-0.2, -0.15) is 0 Å². The van der Waals surface area contributed by atoms with E-state index in [1.54, 1.807) is 0 Å². The third kappa shape index (κ3) is 2.48. The van der Waals surface area contributed by atoms with Crippen LogP contribution in [0, 0.1) is 11.8 Å². The molecular weight excluding hydrogens is 134 g/mol. The molecule has 0 aromatic carbocycles. The summed E-state index contributed by atoms with van der Waals surface area (Å²) < 4.78 is 0. The van der Waals surface area contributed by atoms with Crippen LogP contribution in [0.5, 0.6) is 0 Å². The average molecular weight is 155 g/mol. The molecule has 11 heavy (non-hydrogen) atoms. The van der Waals surface area contributed by atoms with Crippen molar-refractivity contribution in [1.82, 2.24) is 0 Å². The summed E-state index contributed by atoms with van der Waals surface area (Å²) in [6.07, 6.45) is 6.79. The molecule has 0 bridgehead atoms. The molecule has 0 aromatic rings. The second kappa shape index (κ2) is 4.10. The Labute approximate surface area is 70.4 Å². The summed E-state index contributed by atoms with van der Waals surface area (Å²) in [5, 5.41) is 0. The van der Waals surface area contributed by atoms with Gasteiger partial charge in [-0.1, -0.05) is 33.1 Å². The molecule has 66 valence electrons. The Morgan fingerprint density at radius 1 is 1.36 bits per heavy atom. The first-order chi connectivity index (χ1) is 5.24. The lowest BCUT2D eigenvalue weighted by Gasteiger charge is -2.06. The fourth-order valence-corrected chi connectivity index (χ4v) is 2.14. The quantitative estimate of drug-likeness (QED) is 0.666. The van der Waals surface area contributed by atoms with Crippen molar-refractivity contribution in [3.8, 4) is 0 Å². The van der Waals surface area contributed by atoms with Crippen LogP contribution < -0.4 is 5.73 Å². The maximum absolute atomic E-state index is 5.94. The van der Waals surface area contributed by atoms with Gasteiger partial charge in [0.1, 0.15) is 0 Å². The van der Waals surface area contributed by atoms with E-state index in [0.717, 1.165) is 11.8 Å². The lowest BCUT2D eigenvalue weighted by Crippen LogP contribution is -2.21. The Kier molecular flexibility index (Phi) is 3.38. The Morgan fingerprint density at radius 3 is 2.55 bits per heavy atom. The monoisotopic (exact) mass is 155 g/mol. The SMILES string of the molecule is CCCCC1CC(C)C(N)C1. The van der Waals surface area contributed by atoms with Crippen LogP contribution in [-0.4, -0.2) is 6.04 Å². The van der Waals surface area contributed by atoms with Crippen molar-refractivity contribution in [2.24, 2.45) is 17.6 Å². The van der Waals surface area contributed by atoms with E-state index in [9.17, 15) is 0 Å². The first kappa shape index (κ1) is 9.05. The molecule has 0 aromatic heterocycles. The Bertz CT molecular complexity index is 101. The molecule has 1 rings (SSSR count). The molecule has 1 heteroatoms. The van der Waals surface area contributed by atoms with E-state index in [1.807, 2.05) is 0 Å². The Morgan fingerprint density at radius 2 is 2.09 bits per heavy atom. The van der Waals surface area contributed by atoms with E-state index in [0.29, 0.717) is 6.04 Å². The first-order valence-corrected chi connectivity index (χ1v) is 4.99. The minimum atomic E-state index is 0.497. The van der Waals surface area contributed by atoms with Crippen LogP contribution in [0.2, 0.25) is 0 Å². The van der Waals surface area contributed by atoms with Crippen LogP contribution in [0.15, 0.2) is 0 Å². The first-order valence-electron chi connectivity index (χ1n) is 4.99. The predicted molar refractivity (Wildman–Crippen MR) is 49.4 cm³/mol. The zero-order valence-corrected chi connectivity index (χ0v) is 7.84. The summed E-state index contributed by atoms with van der Waals surface area (Å²) in [7, 11) is 0. The van der Waals surface area contributed by atoms with Gasteiger partial charge in [0.15, 0.2) is 0 Å². The maximum Gasteiger partial charge on any atom is 0.00672 e. The summed E-state index contributed by atoms with van der Waals surface area (Å²) >= 11 is 0. The Balaban J connectivity index is 2.18. The van der Waals surface area contributed by atoms with Gasteiger partial charge in [-0.3, -0.25) is 0 Å². The molecule has 0 saturated heterocycles. The van der Waals surface area contributed by atoms with Crippen molar-refractivity contribution < 1.29 is 0 Å². The molecule has 1 aliphatic rings. The van der Waals surface area contributed by atoms with Crippen LogP contribution in [0.1, 0.15) is 46.0 Å². The van der Waals surface area contributed by atoms with Crippen molar-refractivity contribution in [3.63, 3.8) is 0 Å². The zero-order chi connectivity index (χ0) is 8.27. The van der Waals surface area contributed by atoms with Crippen LogP contribution in [0.3, 0.4) is 0 Å². The number of hydrogen-bond donors (Lipinski definition) is 1. The molecule has 0 amide bonds. The summed E-state index contributed by atoms with van der Waals surface area (Å²) in [4.78, 5) is 0. The Hall–Kier alpha value is -0.0400. The van der Waals surface area contributed by atoms with E-state index in [2.05, 4.69) is 13.8 Å². The van der Waals surface area contributed by atoms with E-state index >= 15 is 0 Å². The van der Waals surface area contributed by atoms with Gasteiger partial charge in [0.25, 0.3) is 0 Å². The molecule has 1 aliphatic carbocycles. The van der Waals surface area contributed by atoms with Crippen LogP contribution in [0.25, 0.3) is 0 Å². The van der Waals surface area contributed by atoms with Gasteiger partial charge < -0.3 is 5.73 Å². The van der Waals surface area contributed by atoms with Gasteiger partial charge in [-0.15, -0.1) is 0 Å². The lowest BCUT2D eigenvalue weighted by atomic mass is 10.00. The third-order valence-electron chi connectivity index (χ3n) is 3.01.